The van der Waals surface area contributed by atoms with Gasteiger partial charge in [-0.05, 0) is 73.8 Å². The maximum Gasteiger partial charge on any atom is 0.138 e. The number of hydrogen-bond donors (Lipinski definition) is 1. The fourth-order valence-electron chi connectivity index (χ4n) is 4.62. The van der Waals surface area contributed by atoms with Crippen LogP contribution >= 0.6 is 11.6 Å². The quantitative estimate of drug-likeness (QED) is 0.537. The minimum absolute atomic E-state index is 0.0776. The van der Waals surface area contributed by atoms with E-state index in [4.69, 9.17) is 16.3 Å². The molecule has 1 fully saturated rings. The number of benzene rings is 3. The lowest BCUT2D eigenvalue weighted by Crippen LogP contribution is -2.43. The Hall–Kier alpha value is -2.07. The van der Waals surface area contributed by atoms with Gasteiger partial charge in [-0.2, -0.15) is 0 Å². The van der Waals surface area contributed by atoms with E-state index in [2.05, 4.69) is 42.2 Å². The summed E-state index contributed by atoms with van der Waals surface area (Å²) in [6.07, 6.45) is 2.99. The molecule has 3 aromatic carbocycles. The lowest BCUT2D eigenvalue weighted by molar-refractivity contribution is 0.0374. The third-order valence-corrected chi connectivity index (χ3v) is 6.94. The highest BCUT2D eigenvalue weighted by Gasteiger charge is 2.27. The number of rotatable bonds is 6. The highest BCUT2D eigenvalue weighted by atomic mass is 35.5. The normalized spacial score (nSPS) is 17.7. The van der Waals surface area contributed by atoms with Crippen LogP contribution in [0.15, 0.2) is 60.7 Å². The molecular weight excluding hydrogens is 394 g/mol. The van der Waals surface area contributed by atoms with Crippen molar-refractivity contribution in [3.63, 3.8) is 0 Å². The molecule has 1 N–H and O–H groups in total. The molecule has 2 atom stereocenters. The summed E-state index contributed by atoms with van der Waals surface area (Å²) in [6, 6.07) is 20.7. The lowest BCUT2D eigenvalue weighted by Gasteiger charge is -2.38. The van der Waals surface area contributed by atoms with Gasteiger partial charge in [0.2, 0.25) is 0 Å². The van der Waals surface area contributed by atoms with E-state index in [1.54, 1.807) is 7.11 Å². The fraction of sp³-hybridized carbons (Fsp3) is 0.385. The van der Waals surface area contributed by atoms with Crippen molar-refractivity contribution in [2.45, 2.75) is 38.3 Å². The molecule has 0 saturated carbocycles. The molecule has 30 heavy (non-hydrogen) atoms. The average molecular weight is 424 g/mol. The number of nitrogens with zero attached hydrogens (tertiary/aromatic N) is 1. The first kappa shape index (κ1) is 21.2. The standard InChI is InChI=1S/C26H30ClNO2/c1-18(28-14-12-20(13-15-28)16-19-6-4-3-5-7-19)26(29)22-8-10-23-21(17-22)9-11-24(30-2)25(23)27/h3-11,17-18,20,26,29H,12-16H2,1-2H3. The Bertz CT molecular complexity index is 983. The van der Waals surface area contributed by atoms with Crippen LogP contribution in [0.4, 0.5) is 0 Å². The Labute approximate surface area is 184 Å². The summed E-state index contributed by atoms with van der Waals surface area (Å²) < 4.78 is 5.31. The van der Waals surface area contributed by atoms with Crippen molar-refractivity contribution in [3.8, 4) is 5.75 Å². The molecule has 0 radical (unpaired) electrons. The van der Waals surface area contributed by atoms with Crippen molar-refractivity contribution in [1.29, 1.82) is 0 Å². The molecule has 2 unspecified atom stereocenters. The van der Waals surface area contributed by atoms with Crippen LogP contribution in [0.5, 0.6) is 5.75 Å². The lowest BCUT2D eigenvalue weighted by atomic mass is 9.89. The molecule has 0 aromatic heterocycles. The summed E-state index contributed by atoms with van der Waals surface area (Å²) >= 11 is 6.43. The summed E-state index contributed by atoms with van der Waals surface area (Å²) in [6.45, 7) is 4.20. The molecule has 1 aliphatic rings. The molecule has 0 aliphatic carbocycles. The summed E-state index contributed by atoms with van der Waals surface area (Å²) in [5.41, 5.74) is 2.36. The largest absolute Gasteiger partial charge is 0.495 e. The zero-order valence-corrected chi connectivity index (χ0v) is 18.5. The number of ether oxygens (including phenoxy) is 1. The van der Waals surface area contributed by atoms with Crippen LogP contribution in [-0.2, 0) is 6.42 Å². The number of methoxy groups -OCH3 is 1. The van der Waals surface area contributed by atoms with E-state index in [1.807, 2.05) is 30.3 Å². The van der Waals surface area contributed by atoms with Gasteiger partial charge < -0.3 is 9.84 Å². The van der Waals surface area contributed by atoms with Gasteiger partial charge in [0.1, 0.15) is 5.75 Å². The number of piperidine rings is 1. The van der Waals surface area contributed by atoms with E-state index in [0.717, 1.165) is 41.8 Å². The smallest absolute Gasteiger partial charge is 0.138 e. The van der Waals surface area contributed by atoms with E-state index < -0.39 is 6.10 Å². The molecule has 3 aromatic rings. The first-order valence-electron chi connectivity index (χ1n) is 10.8. The summed E-state index contributed by atoms with van der Waals surface area (Å²) in [7, 11) is 1.62. The summed E-state index contributed by atoms with van der Waals surface area (Å²) in [4.78, 5) is 2.43. The second kappa shape index (κ2) is 9.38. The number of aliphatic hydroxyl groups excluding tert-OH is 1. The zero-order valence-electron chi connectivity index (χ0n) is 17.7. The van der Waals surface area contributed by atoms with Crippen LogP contribution < -0.4 is 4.74 Å². The van der Waals surface area contributed by atoms with Gasteiger partial charge in [0, 0.05) is 11.4 Å². The Balaban J connectivity index is 1.40. The zero-order chi connectivity index (χ0) is 21.1. The Morgan fingerprint density at radius 3 is 2.50 bits per heavy atom. The Morgan fingerprint density at radius 1 is 1.07 bits per heavy atom. The molecule has 1 saturated heterocycles. The molecule has 4 heteroatoms. The van der Waals surface area contributed by atoms with Gasteiger partial charge in [-0.25, -0.2) is 0 Å². The van der Waals surface area contributed by atoms with E-state index in [1.165, 1.54) is 18.4 Å². The predicted octanol–water partition coefficient (Wildman–Crippen LogP) is 5.88. The van der Waals surface area contributed by atoms with Gasteiger partial charge >= 0.3 is 0 Å². The van der Waals surface area contributed by atoms with Gasteiger partial charge in [0.05, 0.1) is 18.2 Å². The van der Waals surface area contributed by atoms with Gasteiger partial charge in [0.25, 0.3) is 0 Å². The monoisotopic (exact) mass is 423 g/mol. The molecular formula is C26H30ClNO2. The van der Waals surface area contributed by atoms with Crippen LogP contribution in [-0.4, -0.2) is 36.2 Å². The molecule has 0 spiro atoms. The van der Waals surface area contributed by atoms with E-state index in [-0.39, 0.29) is 6.04 Å². The second-order valence-electron chi connectivity index (χ2n) is 8.42. The fourth-order valence-corrected chi connectivity index (χ4v) is 4.93. The van der Waals surface area contributed by atoms with Crippen molar-refractivity contribution in [3.05, 3.63) is 76.8 Å². The topological polar surface area (TPSA) is 32.7 Å². The van der Waals surface area contributed by atoms with Gasteiger partial charge in [-0.3, -0.25) is 4.90 Å². The van der Waals surface area contributed by atoms with Crippen molar-refractivity contribution in [1.82, 2.24) is 4.90 Å². The third-order valence-electron chi connectivity index (χ3n) is 6.55. The number of hydrogen-bond acceptors (Lipinski definition) is 3. The van der Waals surface area contributed by atoms with Crippen LogP contribution in [0.3, 0.4) is 0 Å². The van der Waals surface area contributed by atoms with Crippen molar-refractivity contribution >= 4 is 22.4 Å². The van der Waals surface area contributed by atoms with Gasteiger partial charge in [0.15, 0.2) is 0 Å². The van der Waals surface area contributed by atoms with Crippen LogP contribution in [0.25, 0.3) is 10.8 Å². The molecule has 158 valence electrons. The number of likely N-dealkylation sites (tertiary alicyclic amines) is 1. The maximum absolute atomic E-state index is 11.1. The van der Waals surface area contributed by atoms with E-state index >= 15 is 0 Å². The Kier molecular flexibility index (Phi) is 6.62. The van der Waals surface area contributed by atoms with Crippen molar-refractivity contribution < 1.29 is 9.84 Å². The summed E-state index contributed by atoms with van der Waals surface area (Å²) in [5.74, 6) is 1.40. The van der Waals surface area contributed by atoms with Crippen LogP contribution in [0.2, 0.25) is 5.02 Å². The Morgan fingerprint density at radius 2 is 1.80 bits per heavy atom. The van der Waals surface area contributed by atoms with E-state index in [9.17, 15) is 5.11 Å². The second-order valence-corrected chi connectivity index (χ2v) is 8.79. The minimum Gasteiger partial charge on any atom is -0.495 e. The van der Waals surface area contributed by atoms with Crippen molar-refractivity contribution in [2.24, 2.45) is 5.92 Å². The molecule has 0 bridgehead atoms. The molecule has 3 nitrogen and oxygen atoms in total. The molecule has 1 heterocycles. The summed E-state index contributed by atoms with van der Waals surface area (Å²) in [5, 5.41) is 13.7. The number of fused-ring (bicyclic) bond motifs is 1. The molecule has 0 amide bonds. The van der Waals surface area contributed by atoms with Gasteiger partial charge in [-0.15, -0.1) is 0 Å². The minimum atomic E-state index is -0.527. The van der Waals surface area contributed by atoms with Gasteiger partial charge in [-0.1, -0.05) is 60.1 Å². The SMILES string of the molecule is COc1ccc2cc(C(O)C(C)N3CCC(Cc4ccccc4)CC3)ccc2c1Cl. The highest BCUT2D eigenvalue weighted by Crippen LogP contribution is 2.35. The molecule has 4 rings (SSSR count). The van der Waals surface area contributed by atoms with Crippen LogP contribution in [0, 0.1) is 5.92 Å². The van der Waals surface area contributed by atoms with E-state index in [0.29, 0.717) is 10.8 Å². The van der Waals surface area contributed by atoms with Crippen molar-refractivity contribution in [2.75, 3.05) is 20.2 Å². The first-order valence-corrected chi connectivity index (χ1v) is 11.2. The highest BCUT2D eigenvalue weighted by molar-refractivity contribution is 6.37. The maximum atomic E-state index is 11.1. The average Bonchev–Trinajstić information content (AvgIpc) is 2.79. The third kappa shape index (κ3) is 4.49. The first-order chi connectivity index (χ1) is 14.6. The predicted molar refractivity (Wildman–Crippen MR) is 124 cm³/mol. The number of aliphatic hydroxyl groups is 1. The van der Waals surface area contributed by atoms with Crippen LogP contribution in [0.1, 0.15) is 37.0 Å². The number of halogens is 1. The molecule has 1 aliphatic heterocycles.